The highest BCUT2D eigenvalue weighted by molar-refractivity contribution is 8.02. The molecular weight excluding hydrogens is 526 g/mol. The molecule has 8 nitrogen and oxygen atoms in total. The molecule has 1 aromatic carbocycles. The predicted octanol–water partition coefficient (Wildman–Crippen LogP) is 4.12. The number of methoxy groups -OCH3 is 1. The molecule has 4 rings (SSSR count). The van der Waals surface area contributed by atoms with Gasteiger partial charge in [0.1, 0.15) is 10.5 Å². The Bertz CT molecular complexity index is 1370. The molecule has 1 fully saturated rings. The zero-order valence-corrected chi connectivity index (χ0v) is 24.1. The fourth-order valence-electron chi connectivity index (χ4n) is 5.45. The fourth-order valence-corrected chi connectivity index (χ4v) is 7.93. The van der Waals surface area contributed by atoms with Gasteiger partial charge in [0.25, 0.3) is 5.91 Å². The van der Waals surface area contributed by atoms with Gasteiger partial charge in [-0.1, -0.05) is 35.7 Å². The number of nitrogens with one attached hydrogen (secondary N) is 1. The second-order valence-corrected chi connectivity index (χ2v) is 12.9. The predicted molar refractivity (Wildman–Crippen MR) is 158 cm³/mol. The fraction of sp³-hybridized carbons (Fsp3) is 0.419. The van der Waals surface area contributed by atoms with E-state index in [9.17, 15) is 14.2 Å². The van der Waals surface area contributed by atoms with Gasteiger partial charge in [0.15, 0.2) is 0 Å². The highest BCUT2D eigenvalue weighted by Crippen LogP contribution is 2.37. The van der Waals surface area contributed by atoms with E-state index in [0.29, 0.717) is 55.7 Å². The summed E-state index contributed by atoms with van der Waals surface area (Å²) >= 11 is 0. The Hall–Kier alpha value is -3.20. The Kier molecular flexibility index (Phi) is 10.0. The van der Waals surface area contributed by atoms with Crippen LogP contribution in [0.3, 0.4) is 0 Å². The lowest BCUT2D eigenvalue weighted by molar-refractivity contribution is -0.133. The number of carbonyl (C=O) groups excluding carboxylic acids is 1. The number of nitrogens with zero attached hydrogens (tertiary/aromatic N) is 2. The van der Waals surface area contributed by atoms with E-state index in [1.807, 2.05) is 18.2 Å². The van der Waals surface area contributed by atoms with Crippen molar-refractivity contribution in [1.82, 2.24) is 15.4 Å². The van der Waals surface area contributed by atoms with Gasteiger partial charge in [0.2, 0.25) is 0 Å². The van der Waals surface area contributed by atoms with Crippen LogP contribution in [-0.2, 0) is 19.1 Å². The van der Waals surface area contributed by atoms with Gasteiger partial charge in [-0.3, -0.25) is 19.2 Å². The van der Waals surface area contributed by atoms with Crippen LogP contribution >= 0.6 is 0 Å². The van der Waals surface area contributed by atoms with Gasteiger partial charge in [-0.05, 0) is 73.7 Å². The van der Waals surface area contributed by atoms with Crippen LogP contribution < -0.4 is 10.2 Å². The number of carbonyl (C=O) groups is 1. The molecule has 2 atom stereocenters. The van der Waals surface area contributed by atoms with Crippen molar-refractivity contribution >= 4 is 26.0 Å². The summed E-state index contributed by atoms with van der Waals surface area (Å²) in [5, 5.41) is 12.3. The lowest BCUT2D eigenvalue weighted by atomic mass is 9.87. The maximum absolute atomic E-state index is 14.4. The number of pyridine rings is 1. The van der Waals surface area contributed by atoms with Crippen molar-refractivity contribution in [3.05, 3.63) is 78.7 Å². The first-order valence-corrected chi connectivity index (χ1v) is 15.2. The van der Waals surface area contributed by atoms with E-state index in [4.69, 9.17) is 9.47 Å². The van der Waals surface area contributed by atoms with Gasteiger partial charge < -0.3 is 14.4 Å². The molecule has 1 aliphatic carbocycles. The van der Waals surface area contributed by atoms with Crippen LogP contribution in [0.4, 0.5) is 0 Å². The van der Waals surface area contributed by atoms with Crippen LogP contribution in [0.2, 0.25) is 0 Å². The third-order valence-electron chi connectivity index (χ3n) is 7.99. The van der Waals surface area contributed by atoms with Crippen molar-refractivity contribution in [3.8, 4) is 5.75 Å². The normalized spacial score (nSPS) is 20.4. The third kappa shape index (κ3) is 6.24. The molecule has 0 radical (unpaired) electrons. The zero-order chi connectivity index (χ0) is 28.6. The van der Waals surface area contributed by atoms with E-state index in [-0.39, 0.29) is 0 Å². The summed E-state index contributed by atoms with van der Waals surface area (Å²) in [4.78, 5) is 20.1. The Morgan fingerprint density at radius 2 is 1.98 bits per heavy atom. The quantitative estimate of drug-likeness (QED) is 0.240. The second-order valence-electron chi connectivity index (χ2n) is 10.3. The number of hydrogen-bond donors (Lipinski definition) is 2. The molecule has 2 aliphatic rings. The summed E-state index contributed by atoms with van der Waals surface area (Å²) in [6.45, 7) is 8.83. The Balaban J connectivity index is 1.45. The van der Waals surface area contributed by atoms with Crippen LogP contribution in [0, 0.1) is 5.92 Å². The van der Waals surface area contributed by atoms with Crippen LogP contribution in [0.15, 0.2) is 77.9 Å². The summed E-state index contributed by atoms with van der Waals surface area (Å²) in [5.74, 6) is 0.407. The molecule has 2 unspecified atom stereocenters. The summed E-state index contributed by atoms with van der Waals surface area (Å²) < 4.78 is 24.3. The van der Waals surface area contributed by atoms with E-state index in [1.54, 1.807) is 43.1 Å². The minimum atomic E-state index is -3.19. The molecule has 0 saturated carbocycles. The van der Waals surface area contributed by atoms with E-state index < -0.39 is 20.2 Å². The summed E-state index contributed by atoms with van der Waals surface area (Å²) in [7, 11) is -1.54. The van der Waals surface area contributed by atoms with Crippen molar-refractivity contribution in [2.75, 3.05) is 40.0 Å². The molecular formula is C31H39N3O5S. The maximum Gasteiger partial charge on any atom is 0.262 e. The largest absolute Gasteiger partial charge is 0.493 e. The van der Waals surface area contributed by atoms with Crippen LogP contribution in [0.1, 0.15) is 38.3 Å². The van der Waals surface area contributed by atoms with Crippen molar-refractivity contribution in [2.45, 2.75) is 42.2 Å². The average molecular weight is 566 g/mol. The van der Waals surface area contributed by atoms with Crippen LogP contribution in [0.5, 0.6) is 5.75 Å². The topological polar surface area (TPSA) is 101 Å². The lowest BCUT2D eigenvalue weighted by Crippen LogP contribution is -2.58. The van der Waals surface area contributed by atoms with Crippen LogP contribution in [-0.4, -0.2) is 74.9 Å². The third-order valence-corrected chi connectivity index (χ3v) is 11.0. The van der Waals surface area contributed by atoms with E-state index >= 15 is 0 Å². The number of amides is 1. The number of piperidine rings is 1. The molecule has 40 heavy (non-hydrogen) atoms. The first-order valence-electron chi connectivity index (χ1n) is 13.6. The zero-order valence-electron chi connectivity index (χ0n) is 23.3. The number of hydroxylamine groups is 1. The van der Waals surface area contributed by atoms with Crippen molar-refractivity contribution in [2.24, 2.45) is 5.92 Å². The van der Waals surface area contributed by atoms with E-state index in [1.165, 1.54) is 5.57 Å². The van der Waals surface area contributed by atoms with Gasteiger partial charge >= 0.3 is 0 Å². The number of allylic oxidation sites excluding steroid dienone is 3. The van der Waals surface area contributed by atoms with Crippen molar-refractivity contribution in [1.29, 1.82) is 0 Å². The number of benzene rings is 1. The van der Waals surface area contributed by atoms with E-state index in [0.717, 1.165) is 30.7 Å². The first-order chi connectivity index (χ1) is 19.4. The second kappa shape index (κ2) is 13.4. The number of rotatable bonds is 11. The monoisotopic (exact) mass is 565 g/mol. The van der Waals surface area contributed by atoms with E-state index in [2.05, 4.69) is 40.6 Å². The molecule has 2 aromatic rings. The Morgan fingerprint density at radius 3 is 2.60 bits per heavy atom. The highest BCUT2D eigenvalue weighted by atomic mass is 32.2. The molecule has 1 amide bonds. The molecule has 0 spiro atoms. The molecule has 1 aliphatic heterocycles. The summed E-state index contributed by atoms with van der Waals surface area (Å²) in [6.07, 6.45) is 8.59. The highest BCUT2D eigenvalue weighted by Gasteiger charge is 2.50. The van der Waals surface area contributed by atoms with Gasteiger partial charge in [0.05, 0.1) is 28.4 Å². The molecule has 1 saturated heterocycles. The minimum absolute atomic E-state index is 0.297. The summed E-state index contributed by atoms with van der Waals surface area (Å²) in [6, 6.07) is 12.9. The SMILES string of the molecule is C=C=S(=O)(c1ccc(OCCC2=CC(c3ccccn3)=CCC2C)cc1)C1(C(=O)NO)CCN(CCOC)CC1. The molecule has 2 N–H and O–H groups in total. The smallest absolute Gasteiger partial charge is 0.262 e. The summed E-state index contributed by atoms with van der Waals surface area (Å²) in [5.41, 5.74) is 5.19. The standard InChI is InChI=1S/C31H39N3O5S/c1-4-40(37,31(30(35)33-36)15-18-34(19-16-31)20-22-38-3)28-12-10-27(11-13-28)39-21-14-25-23-26(9-8-24(25)2)29-7-5-6-17-32-29/h5-7,9-13,17,23-24,36H,1,8,14-16,18-22H2,2-3H3,(H,33,35). The van der Waals surface area contributed by atoms with Gasteiger partial charge in [-0.2, -0.15) is 0 Å². The molecule has 214 valence electrons. The lowest BCUT2D eigenvalue weighted by Gasteiger charge is -2.41. The van der Waals surface area contributed by atoms with Gasteiger partial charge in [-0.25, -0.2) is 5.48 Å². The van der Waals surface area contributed by atoms with Crippen LogP contribution in [0.25, 0.3) is 5.57 Å². The number of hydrogen-bond acceptors (Lipinski definition) is 7. The Morgan fingerprint density at radius 1 is 1.23 bits per heavy atom. The number of likely N-dealkylation sites (tertiary alicyclic amines) is 1. The van der Waals surface area contributed by atoms with Gasteiger partial charge in [-0.15, -0.1) is 0 Å². The minimum Gasteiger partial charge on any atom is -0.493 e. The van der Waals surface area contributed by atoms with Gasteiger partial charge in [0, 0.05) is 44.3 Å². The van der Waals surface area contributed by atoms with Crippen molar-refractivity contribution < 1.29 is 23.7 Å². The molecule has 9 heteroatoms. The first kappa shape index (κ1) is 29.8. The van der Waals surface area contributed by atoms with Crippen molar-refractivity contribution in [3.63, 3.8) is 0 Å². The average Bonchev–Trinajstić information content (AvgIpc) is 3.01. The maximum atomic E-state index is 14.4. The number of aromatic nitrogens is 1. The number of ether oxygens (including phenoxy) is 2. The molecule has 0 bridgehead atoms. The molecule has 2 heterocycles. The molecule has 1 aromatic heterocycles. The Labute approximate surface area is 237 Å².